The van der Waals surface area contributed by atoms with Crippen LogP contribution in [-0.2, 0) is 18.1 Å². The third-order valence-electron chi connectivity index (χ3n) is 2.46. The highest BCUT2D eigenvalue weighted by atomic mass is 28.4. The number of hydrogen-bond donors (Lipinski definition) is 1. The maximum absolute atomic E-state index is 10.7. The van der Waals surface area contributed by atoms with Gasteiger partial charge in [0, 0.05) is 32.9 Å². The second-order valence-corrected chi connectivity index (χ2v) is 6.53. The summed E-state index contributed by atoms with van der Waals surface area (Å²) >= 11 is 0. The van der Waals surface area contributed by atoms with Crippen LogP contribution >= 0.6 is 0 Å². The summed E-state index contributed by atoms with van der Waals surface area (Å²) in [5.74, 6) is -0.381. The van der Waals surface area contributed by atoms with Gasteiger partial charge in [0.25, 0.3) is 0 Å². The van der Waals surface area contributed by atoms with E-state index in [1.54, 1.807) is 28.3 Å². The van der Waals surface area contributed by atoms with Crippen LogP contribution in [-0.4, -0.2) is 36.0 Å². The van der Waals surface area contributed by atoms with Gasteiger partial charge in [-0.1, -0.05) is 6.08 Å². The van der Waals surface area contributed by atoms with E-state index in [1.165, 1.54) is 0 Å². The standard InChI is InChI=1S/C10H21NO4Si/c1-9(10(11)12)7-5-6-8-16(13-2,14-3)15-4/h7H,5-6,8H2,1-4H3,(H2,11,12). The summed E-state index contributed by atoms with van der Waals surface area (Å²) in [6, 6.07) is 0.721. The minimum Gasteiger partial charge on any atom is -0.377 e. The Labute approximate surface area is 97.9 Å². The number of primary amides is 1. The highest BCUT2D eigenvalue weighted by molar-refractivity contribution is 6.60. The number of unbranched alkanes of at least 4 members (excludes halogenated alkanes) is 1. The lowest BCUT2D eigenvalue weighted by atomic mass is 10.2. The maximum atomic E-state index is 10.7. The van der Waals surface area contributed by atoms with Crippen LogP contribution in [0.1, 0.15) is 19.8 Å². The lowest BCUT2D eigenvalue weighted by Gasteiger charge is -2.23. The Morgan fingerprint density at radius 3 is 2.12 bits per heavy atom. The van der Waals surface area contributed by atoms with Crippen molar-refractivity contribution >= 4 is 14.7 Å². The molecule has 0 heterocycles. The van der Waals surface area contributed by atoms with Crippen molar-refractivity contribution in [3.63, 3.8) is 0 Å². The van der Waals surface area contributed by atoms with E-state index >= 15 is 0 Å². The van der Waals surface area contributed by atoms with E-state index in [-0.39, 0.29) is 5.91 Å². The van der Waals surface area contributed by atoms with Gasteiger partial charge in [0.1, 0.15) is 0 Å². The van der Waals surface area contributed by atoms with Gasteiger partial charge in [0.2, 0.25) is 5.91 Å². The van der Waals surface area contributed by atoms with Crippen LogP contribution < -0.4 is 5.73 Å². The van der Waals surface area contributed by atoms with Crippen molar-refractivity contribution in [2.45, 2.75) is 25.8 Å². The Balaban J connectivity index is 4.06. The fourth-order valence-electron chi connectivity index (χ4n) is 1.29. The van der Waals surface area contributed by atoms with E-state index in [0.717, 1.165) is 18.9 Å². The third kappa shape index (κ3) is 4.89. The molecule has 0 bridgehead atoms. The smallest absolute Gasteiger partial charge is 0.377 e. The molecule has 1 amide bonds. The molecule has 0 rings (SSSR count). The summed E-state index contributed by atoms with van der Waals surface area (Å²) in [6.07, 6.45) is 3.43. The molecule has 5 nitrogen and oxygen atoms in total. The number of hydrogen-bond acceptors (Lipinski definition) is 4. The molecule has 0 aliphatic carbocycles. The van der Waals surface area contributed by atoms with Crippen molar-refractivity contribution in [1.29, 1.82) is 0 Å². The number of amides is 1. The quantitative estimate of drug-likeness (QED) is 0.396. The van der Waals surface area contributed by atoms with Gasteiger partial charge >= 0.3 is 8.80 Å². The fraction of sp³-hybridized carbons (Fsp3) is 0.700. The molecule has 0 aliphatic rings. The zero-order valence-electron chi connectivity index (χ0n) is 10.4. The first-order valence-corrected chi connectivity index (χ1v) is 7.06. The topological polar surface area (TPSA) is 70.8 Å². The molecule has 0 saturated heterocycles. The molecule has 6 heteroatoms. The third-order valence-corrected chi connectivity index (χ3v) is 5.29. The van der Waals surface area contributed by atoms with Crippen LogP contribution in [0, 0.1) is 0 Å². The summed E-state index contributed by atoms with van der Waals surface area (Å²) < 4.78 is 15.8. The lowest BCUT2D eigenvalue weighted by Crippen LogP contribution is -2.42. The van der Waals surface area contributed by atoms with E-state index in [4.69, 9.17) is 19.0 Å². The van der Waals surface area contributed by atoms with Crippen molar-refractivity contribution < 1.29 is 18.1 Å². The number of carbonyl (C=O) groups excluding carboxylic acids is 1. The molecule has 0 atom stereocenters. The van der Waals surface area contributed by atoms with E-state index in [0.29, 0.717) is 5.57 Å². The molecule has 0 fully saturated rings. The Hall–Kier alpha value is -0.693. The van der Waals surface area contributed by atoms with E-state index < -0.39 is 8.80 Å². The Bertz CT molecular complexity index is 243. The second kappa shape index (κ2) is 7.56. The van der Waals surface area contributed by atoms with Crippen LogP contribution in [0.3, 0.4) is 0 Å². The molecule has 2 N–H and O–H groups in total. The lowest BCUT2D eigenvalue weighted by molar-refractivity contribution is -0.114. The van der Waals surface area contributed by atoms with E-state index in [2.05, 4.69) is 0 Å². The number of nitrogens with two attached hydrogens (primary N) is 1. The van der Waals surface area contributed by atoms with Crippen LogP contribution in [0.2, 0.25) is 6.04 Å². The second-order valence-electron chi connectivity index (χ2n) is 3.44. The molecule has 0 aromatic heterocycles. The molecule has 94 valence electrons. The van der Waals surface area contributed by atoms with Gasteiger partial charge in [-0.2, -0.15) is 0 Å². The molecular weight excluding hydrogens is 226 g/mol. The van der Waals surface area contributed by atoms with Crippen molar-refractivity contribution in [1.82, 2.24) is 0 Å². The van der Waals surface area contributed by atoms with Crippen molar-refractivity contribution in [2.75, 3.05) is 21.3 Å². The van der Waals surface area contributed by atoms with Gasteiger partial charge in [0.05, 0.1) is 0 Å². The summed E-state index contributed by atoms with van der Waals surface area (Å²) in [6.45, 7) is 1.70. The Morgan fingerprint density at radius 1 is 1.25 bits per heavy atom. The number of allylic oxidation sites excluding steroid dienone is 1. The largest absolute Gasteiger partial charge is 0.500 e. The van der Waals surface area contributed by atoms with Crippen LogP contribution in [0.4, 0.5) is 0 Å². The molecule has 16 heavy (non-hydrogen) atoms. The molecule has 0 aliphatic heterocycles. The maximum Gasteiger partial charge on any atom is 0.500 e. The van der Waals surface area contributed by atoms with Crippen molar-refractivity contribution in [3.8, 4) is 0 Å². The minimum absolute atomic E-state index is 0.381. The zero-order valence-corrected chi connectivity index (χ0v) is 11.4. The monoisotopic (exact) mass is 247 g/mol. The van der Waals surface area contributed by atoms with Crippen LogP contribution in [0.15, 0.2) is 11.6 Å². The Morgan fingerprint density at radius 2 is 1.75 bits per heavy atom. The molecule has 0 radical (unpaired) electrons. The molecule has 0 aromatic carbocycles. The predicted molar refractivity (Wildman–Crippen MR) is 63.8 cm³/mol. The average Bonchev–Trinajstić information content (AvgIpc) is 2.30. The zero-order chi connectivity index (χ0) is 12.6. The number of rotatable bonds is 8. The normalized spacial score (nSPS) is 12.9. The fourth-order valence-corrected chi connectivity index (χ4v) is 3.04. The molecule has 0 saturated carbocycles. The summed E-state index contributed by atoms with van der Waals surface area (Å²) in [5, 5.41) is 0. The number of carbonyl (C=O) groups is 1. The highest BCUT2D eigenvalue weighted by Crippen LogP contribution is 2.16. The van der Waals surface area contributed by atoms with Gasteiger partial charge in [-0.05, 0) is 19.8 Å². The molecular formula is C10H21NO4Si. The molecule has 0 unspecified atom stereocenters. The summed E-state index contributed by atoms with van der Waals surface area (Å²) in [4.78, 5) is 10.7. The van der Waals surface area contributed by atoms with Crippen molar-refractivity contribution in [2.24, 2.45) is 5.73 Å². The molecule has 0 aromatic rings. The van der Waals surface area contributed by atoms with Gasteiger partial charge in [-0.15, -0.1) is 0 Å². The first-order chi connectivity index (χ1) is 7.51. The first kappa shape index (κ1) is 15.3. The first-order valence-electron chi connectivity index (χ1n) is 5.13. The van der Waals surface area contributed by atoms with Gasteiger partial charge in [0.15, 0.2) is 0 Å². The summed E-state index contributed by atoms with van der Waals surface area (Å²) in [7, 11) is 2.30. The average molecular weight is 247 g/mol. The van der Waals surface area contributed by atoms with Crippen LogP contribution in [0.25, 0.3) is 0 Å². The summed E-state index contributed by atoms with van der Waals surface area (Å²) in [5.41, 5.74) is 5.69. The molecule has 0 spiro atoms. The SMILES string of the molecule is CO[Si](CCCC=C(C)C(N)=O)(OC)OC. The van der Waals surface area contributed by atoms with Crippen LogP contribution in [0.5, 0.6) is 0 Å². The minimum atomic E-state index is -2.46. The van der Waals surface area contributed by atoms with E-state index in [9.17, 15) is 4.79 Å². The van der Waals surface area contributed by atoms with Crippen molar-refractivity contribution in [3.05, 3.63) is 11.6 Å². The van der Waals surface area contributed by atoms with Gasteiger partial charge in [-0.3, -0.25) is 4.79 Å². The Kier molecular flexibility index (Phi) is 7.23. The van der Waals surface area contributed by atoms with Gasteiger partial charge < -0.3 is 19.0 Å². The van der Waals surface area contributed by atoms with E-state index in [1.807, 2.05) is 6.08 Å². The predicted octanol–water partition coefficient (Wildman–Crippen LogP) is 1.08. The highest BCUT2D eigenvalue weighted by Gasteiger charge is 2.36. The van der Waals surface area contributed by atoms with Gasteiger partial charge in [-0.25, -0.2) is 0 Å².